The summed E-state index contributed by atoms with van der Waals surface area (Å²) in [6, 6.07) is 5.09. The third-order valence-corrected chi connectivity index (χ3v) is 3.91. The molecule has 1 aromatic rings. The second kappa shape index (κ2) is 5.07. The molecular weight excluding hydrogens is 260 g/mol. The van der Waals surface area contributed by atoms with Gasteiger partial charge in [-0.1, -0.05) is 6.07 Å². The largest absolute Gasteiger partial charge is 0.353 e. The predicted molar refractivity (Wildman–Crippen MR) is 71.9 cm³/mol. The van der Waals surface area contributed by atoms with Crippen molar-refractivity contribution >= 4 is 11.7 Å². The van der Waals surface area contributed by atoms with Crippen molar-refractivity contribution in [3.8, 4) is 0 Å². The third kappa shape index (κ3) is 2.43. The highest BCUT2D eigenvalue weighted by Gasteiger charge is 2.54. The van der Waals surface area contributed by atoms with Crippen LogP contribution in [0.15, 0.2) is 24.4 Å². The minimum atomic E-state index is -0.656. The zero-order valence-electron chi connectivity index (χ0n) is 11.0. The zero-order valence-corrected chi connectivity index (χ0v) is 11.0. The summed E-state index contributed by atoms with van der Waals surface area (Å²) >= 11 is 0. The lowest BCUT2D eigenvalue weighted by atomic mass is 10.2. The molecule has 1 aliphatic heterocycles. The Bertz CT molecular complexity index is 514. The van der Waals surface area contributed by atoms with E-state index in [0.29, 0.717) is 19.5 Å². The Labute approximate surface area is 116 Å². The van der Waals surface area contributed by atoms with E-state index in [4.69, 9.17) is 0 Å². The van der Waals surface area contributed by atoms with E-state index < -0.39 is 12.0 Å². The first-order chi connectivity index (χ1) is 9.66. The third-order valence-electron chi connectivity index (χ3n) is 3.91. The van der Waals surface area contributed by atoms with Crippen LogP contribution in [-0.4, -0.2) is 52.9 Å². The van der Waals surface area contributed by atoms with Gasteiger partial charge in [-0.15, -0.1) is 0 Å². The standard InChI is InChI=1S/C13H16N4O3/c18-13(10-9-11(10)17(19)20)16-7-5-15(6-8-16)12-3-1-2-4-14-12/h1-4,10-11H,5-9H2. The van der Waals surface area contributed by atoms with Crippen LogP contribution in [0.25, 0.3) is 0 Å². The number of hydrogen-bond acceptors (Lipinski definition) is 5. The molecule has 7 nitrogen and oxygen atoms in total. The van der Waals surface area contributed by atoms with Crippen LogP contribution in [0.2, 0.25) is 0 Å². The molecule has 0 aromatic carbocycles. The van der Waals surface area contributed by atoms with Gasteiger partial charge in [0, 0.05) is 43.7 Å². The van der Waals surface area contributed by atoms with Crippen LogP contribution in [0.4, 0.5) is 5.82 Å². The maximum atomic E-state index is 12.1. The maximum absolute atomic E-state index is 12.1. The van der Waals surface area contributed by atoms with Gasteiger partial charge in [-0.25, -0.2) is 4.98 Å². The summed E-state index contributed by atoms with van der Waals surface area (Å²) in [6.07, 6.45) is 2.14. The lowest BCUT2D eigenvalue weighted by Crippen LogP contribution is -2.49. The molecular formula is C13H16N4O3. The van der Waals surface area contributed by atoms with E-state index >= 15 is 0 Å². The highest BCUT2D eigenvalue weighted by molar-refractivity contribution is 5.82. The number of amides is 1. The van der Waals surface area contributed by atoms with Crippen molar-refractivity contribution in [1.82, 2.24) is 9.88 Å². The van der Waals surface area contributed by atoms with Crippen molar-refractivity contribution in [3.05, 3.63) is 34.5 Å². The summed E-state index contributed by atoms with van der Waals surface area (Å²) in [4.78, 5) is 30.5. The Hall–Kier alpha value is -2.18. The molecule has 20 heavy (non-hydrogen) atoms. The number of carbonyl (C=O) groups is 1. The van der Waals surface area contributed by atoms with Crippen LogP contribution in [0.3, 0.4) is 0 Å². The first kappa shape index (κ1) is 12.8. The lowest BCUT2D eigenvalue weighted by Gasteiger charge is -2.35. The molecule has 3 rings (SSSR count). The van der Waals surface area contributed by atoms with Crippen LogP contribution >= 0.6 is 0 Å². The van der Waals surface area contributed by atoms with Gasteiger partial charge in [0.1, 0.15) is 11.7 Å². The average Bonchev–Trinajstić information content (AvgIpc) is 3.28. The van der Waals surface area contributed by atoms with E-state index in [2.05, 4.69) is 9.88 Å². The van der Waals surface area contributed by atoms with E-state index in [1.54, 1.807) is 11.1 Å². The van der Waals surface area contributed by atoms with Crippen molar-refractivity contribution < 1.29 is 9.72 Å². The first-order valence-electron chi connectivity index (χ1n) is 6.75. The van der Waals surface area contributed by atoms with Crippen molar-refractivity contribution in [3.63, 3.8) is 0 Å². The van der Waals surface area contributed by atoms with Gasteiger partial charge in [0.05, 0.1) is 0 Å². The van der Waals surface area contributed by atoms with Crippen molar-refractivity contribution in [1.29, 1.82) is 0 Å². The fourth-order valence-electron chi connectivity index (χ4n) is 2.61. The molecule has 1 saturated heterocycles. The van der Waals surface area contributed by atoms with Gasteiger partial charge in [0.2, 0.25) is 11.9 Å². The molecule has 0 radical (unpaired) electrons. The number of rotatable bonds is 3. The summed E-state index contributed by atoms with van der Waals surface area (Å²) in [5.74, 6) is 0.452. The topological polar surface area (TPSA) is 79.6 Å². The number of anilines is 1. The molecule has 1 aromatic heterocycles. The Balaban J connectivity index is 1.54. The van der Waals surface area contributed by atoms with Gasteiger partial charge >= 0.3 is 0 Å². The Morgan fingerprint density at radius 2 is 2.05 bits per heavy atom. The summed E-state index contributed by atoms with van der Waals surface area (Å²) in [7, 11) is 0. The quantitative estimate of drug-likeness (QED) is 0.589. The monoisotopic (exact) mass is 276 g/mol. The molecule has 2 fully saturated rings. The Kier molecular flexibility index (Phi) is 3.25. The number of pyridine rings is 1. The second-order valence-electron chi connectivity index (χ2n) is 5.20. The van der Waals surface area contributed by atoms with Crippen LogP contribution in [-0.2, 0) is 4.79 Å². The molecule has 2 heterocycles. The summed E-state index contributed by atoms with van der Waals surface area (Å²) in [6.45, 7) is 2.66. The van der Waals surface area contributed by atoms with Crippen molar-refractivity contribution in [2.24, 2.45) is 5.92 Å². The lowest BCUT2D eigenvalue weighted by molar-refractivity contribution is -0.497. The highest BCUT2D eigenvalue weighted by atomic mass is 16.6. The smallest absolute Gasteiger partial charge is 0.233 e. The fourth-order valence-corrected chi connectivity index (χ4v) is 2.61. The maximum Gasteiger partial charge on any atom is 0.233 e. The molecule has 106 valence electrons. The molecule has 2 unspecified atom stereocenters. The van der Waals surface area contributed by atoms with E-state index in [1.165, 1.54) is 0 Å². The van der Waals surface area contributed by atoms with Crippen molar-refractivity contribution in [2.75, 3.05) is 31.1 Å². The predicted octanol–water partition coefficient (Wildman–Crippen LogP) is 0.395. The second-order valence-corrected chi connectivity index (χ2v) is 5.20. The minimum absolute atomic E-state index is 0.0626. The van der Waals surface area contributed by atoms with Gasteiger partial charge in [0.15, 0.2) is 0 Å². The first-order valence-corrected chi connectivity index (χ1v) is 6.75. The highest BCUT2D eigenvalue weighted by Crippen LogP contribution is 2.35. The van der Waals surface area contributed by atoms with Gasteiger partial charge in [0.25, 0.3) is 0 Å². The van der Waals surface area contributed by atoms with Gasteiger partial charge in [-0.05, 0) is 12.1 Å². The number of nitrogens with zero attached hydrogens (tertiary/aromatic N) is 4. The van der Waals surface area contributed by atoms with Crippen LogP contribution in [0.5, 0.6) is 0 Å². The summed E-state index contributed by atoms with van der Waals surface area (Å²) < 4.78 is 0. The molecule has 1 amide bonds. The molecule has 2 atom stereocenters. The Morgan fingerprint density at radius 1 is 1.30 bits per heavy atom. The molecule has 1 aliphatic carbocycles. The fraction of sp³-hybridized carbons (Fsp3) is 0.538. The molecule has 0 spiro atoms. The summed E-state index contributed by atoms with van der Waals surface area (Å²) in [5.41, 5.74) is 0. The van der Waals surface area contributed by atoms with E-state index in [9.17, 15) is 14.9 Å². The minimum Gasteiger partial charge on any atom is -0.353 e. The summed E-state index contributed by atoms with van der Waals surface area (Å²) in [5, 5.41) is 10.6. The molecule has 0 N–H and O–H groups in total. The number of carbonyl (C=O) groups excluding carboxylic acids is 1. The number of nitro groups is 1. The van der Waals surface area contributed by atoms with Crippen LogP contribution in [0.1, 0.15) is 6.42 Å². The van der Waals surface area contributed by atoms with E-state index in [1.807, 2.05) is 18.2 Å². The number of piperazine rings is 1. The van der Waals surface area contributed by atoms with Gasteiger partial charge < -0.3 is 9.80 Å². The SMILES string of the molecule is O=C(C1CC1[N+](=O)[O-])N1CCN(c2ccccn2)CC1. The van der Waals surface area contributed by atoms with Crippen molar-refractivity contribution in [2.45, 2.75) is 12.5 Å². The normalized spacial score (nSPS) is 25.4. The van der Waals surface area contributed by atoms with Crippen LogP contribution < -0.4 is 4.90 Å². The number of aromatic nitrogens is 1. The average molecular weight is 276 g/mol. The Morgan fingerprint density at radius 3 is 2.60 bits per heavy atom. The van der Waals surface area contributed by atoms with Gasteiger partial charge in [-0.3, -0.25) is 14.9 Å². The van der Waals surface area contributed by atoms with Gasteiger partial charge in [-0.2, -0.15) is 0 Å². The zero-order chi connectivity index (χ0) is 14.1. The van der Waals surface area contributed by atoms with E-state index in [0.717, 1.165) is 18.9 Å². The molecule has 0 bridgehead atoms. The molecule has 2 aliphatic rings. The number of hydrogen-bond donors (Lipinski definition) is 0. The molecule has 7 heteroatoms. The van der Waals surface area contributed by atoms with Crippen LogP contribution in [0, 0.1) is 16.0 Å². The van der Waals surface area contributed by atoms with E-state index in [-0.39, 0.29) is 10.8 Å². The molecule has 1 saturated carbocycles.